The number of ether oxygens (including phenoxy) is 4. The van der Waals surface area contributed by atoms with Crippen molar-refractivity contribution in [2.75, 3.05) is 21.3 Å². The Morgan fingerprint density at radius 2 is 1.73 bits per heavy atom. The molecule has 1 aromatic rings. The molecule has 142 valence electrons. The van der Waals surface area contributed by atoms with Crippen LogP contribution < -0.4 is 14.2 Å². The molecular weight excluding hydrogens is 334 g/mol. The normalized spacial score (nSPS) is 33.5. The maximum absolute atomic E-state index is 13.3. The summed E-state index contributed by atoms with van der Waals surface area (Å²) in [6.45, 7) is 6.43. The largest absolute Gasteiger partial charge is 0.493 e. The van der Waals surface area contributed by atoms with Gasteiger partial charge in [0.1, 0.15) is 0 Å². The van der Waals surface area contributed by atoms with E-state index in [4.69, 9.17) is 18.9 Å². The van der Waals surface area contributed by atoms with Gasteiger partial charge in [0, 0.05) is 11.5 Å². The van der Waals surface area contributed by atoms with Gasteiger partial charge in [-0.2, -0.15) is 0 Å². The van der Waals surface area contributed by atoms with Gasteiger partial charge in [0.15, 0.2) is 11.5 Å². The summed E-state index contributed by atoms with van der Waals surface area (Å²) >= 11 is 0. The number of hydrogen-bond donors (Lipinski definition) is 0. The van der Waals surface area contributed by atoms with Crippen molar-refractivity contribution in [2.24, 2.45) is 5.92 Å². The Morgan fingerprint density at radius 1 is 1.12 bits per heavy atom. The first-order valence-electron chi connectivity index (χ1n) is 9.10. The summed E-state index contributed by atoms with van der Waals surface area (Å²) in [5, 5.41) is 0. The lowest BCUT2D eigenvalue weighted by molar-refractivity contribution is -0.214. The molecule has 1 saturated carbocycles. The van der Waals surface area contributed by atoms with Crippen molar-refractivity contribution in [3.63, 3.8) is 0 Å². The molecule has 0 aromatic heterocycles. The predicted molar refractivity (Wildman–Crippen MR) is 96.1 cm³/mol. The quantitative estimate of drug-likeness (QED) is 0.772. The molecule has 1 aliphatic carbocycles. The molecule has 1 amide bonds. The third kappa shape index (κ3) is 2.24. The highest BCUT2D eigenvalue weighted by Crippen LogP contribution is 2.60. The molecular formula is C20H27NO5. The second kappa shape index (κ2) is 5.52. The Kier molecular flexibility index (Phi) is 3.71. The average Bonchev–Trinajstić information content (AvgIpc) is 3.36. The van der Waals surface area contributed by atoms with Gasteiger partial charge in [-0.05, 0) is 45.7 Å². The molecule has 26 heavy (non-hydrogen) atoms. The molecule has 0 N–H and O–H groups in total. The van der Waals surface area contributed by atoms with Crippen molar-refractivity contribution in [1.82, 2.24) is 4.90 Å². The van der Waals surface area contributed by atoms with Crippen LogP contribution in [-0.2, 0) is 4.74 Å². The fourth-order valence-corrected chi connectivity index (χ4v) is 5.24. The van der Waals surface area contributed by atoms with Gasteiger partial charge >= 0.3 is 0 Å². The van der Waals surface area contributed by atoms with Crippen LogP contribution in [0.3, 0.4) is 0 Å². The third-order valence-corrected chi connectivity index (χ3v) is 6.38. The molecule has 5 rings (SSSR count). The maximum Gasteiger partial charge on any atom is 0.254 e. The lowest BCUT2D eigenvalue weighted by Gasteiger charge is -2.51. The third-order valence-electron chi connectivity index (χ3n) is 6.38. The molecule has 3 aliphatic heterocycles. The molecule has 0 radical (unpaired) electrons. The van der Waals surface area contributed by atoms with Crippen LogP contribution in [0.5, 0.6) is 17.2 Å². The van der Waals surface area contributed by atoms with Crippen molar-refractivity contribution in [3.05, 3.63) is 17.7 Å². The molecule has 2 bridgehead atoms. The van der Waals surface area contributed by atoms with Crippen LogP contribution in [0.15, 0.2) is 12.1 Å². The van der Waals surface area contributed by atoms with Crippen molar-refractivity contribution in [2.45, 2.75) is 56.9 Å². The Balaban J connectivity index is 1.68. The number of rotatable bonds is 4. The van der Waals surface area contributed by atoms with Gasteiger partial charge in [-0.3, -0.25) is 4.79 Å². The van der Waals surface area contributed by atoms with Crippen LogP contribution in [0.1, 0.15) is 44.0 Å². The number of methoxy groups -OCH3 is 3. The van der Waals surface area contributed by atoms with Crippen LogP contribution in [0.2, 0.25) is 0 Å². The van der Waals surface area contributed by atoms with Gasteiger partial charge in [0.25, 0.3) is 5.91 Å². The number of likely N-dealkylation sites (tertiary alicyclic amines) is 1. The summed E-state index contributed by atoms with van der Waals surface area (Å²) in [7, 11) is 4.67. The standard InChI is InChI=1S/C20H27NO5/c1-19(2)12-7-8-20(3,26-19)17-15(12)21(17)18(22)11-9-13(23-4)16(25-6)14(10-11)24-5/h9-10,12,15,17H,7-8H2,1-6H3/t12-,15+,17-,20+,21?/m0/s1. The zero-order chi connectivity index (χ0) is 18.9. The number of fused-ring (bicyclic) bond motifs is 2. The molecule has 3 heterocycles. The predicted octanol–water partition coefficient (Wildman–Crippen LogP) is 2.88. The van der Waals surface area contributed by atoms with E-state index in [1.807, 2.05) is 4.90 Å². The summed E-state index contributed by atoms with van der Waals surface area (Å²) in [6.07, 6.45) is 2.10. The van der Waals surface area contributed by atoms with Crippen molar-refractivity contribution >= 4 is 5.91 Å². The van der Waals surface area contributed by atoms with Gasteiger partial charge in [-0.25, -0.2) is 0 Å². The molecule has 0 unspecified atom stereocenters. The zero-order valence-corrected chi connectivity index (χ0v) is 16.3. The first-order chi connectivity index (χ1) is 12.3. The van der Waals surface area contributed by atoms with Crippen LogP contribution in [0.4, 0.5) is 0 Å². The smallest absolute Gasteiger partial charge is 0.254 e. The zero-order valence-electron chi connectivity index (χ0n) is 16.3. The molecule has 6 nitrogen and oxygen atoms in total. The van der Waals surface area contributed by atoms with Crippen LogP contribution in [-0.4, -0.2) is 55.4 Å². The number of benzene rings is 1. The Morgan fingerprint density at radius 3 is 2.23 bits per heavy atom. The van der Waals surface area contributed by atoms with Gasteiger partial charge in [-0.1, -0.05) is 0 Å². The van der Waals surface area contributed by atoms with Gasteiger partial charge in [0.2, 0.25) is 5.75 Å². The second-order valence-electron chi connectivity index (χ2n) is 8.23. The number of amides is 1. The van der Waals surface area contributed by atoms with Crippen LogP contribution in [0.25, 0.3) is 0 Å². The van der Waals surface area contributed by atoms with E-state index in [1.54, 1.807) is 33.5 Å². The van der Waals surface area contributed by atoms with E-state index in [1.165, 1.54) is 0 Å². The molecule has 4 atom stereocenters. The van der Waals surface area contributed by atoms with Crippen LogP contribution in [0, 0.1) is 5.92 Å². The van der Waals surface area contributed by atoms with Gasteiger partial charge in [0.05, 0.1) is 44.6 Å². The highest BCUT2D eigenvalue weighted by Gasteiger charge is 2.72. The minimum atomic E-state index is -0.265. The fourth-order valence-electron chi connectivity index (χ4n) is 5.24. The van der Waals surface area contributed by atoms with Crippen molar-refractivity contribution < 1.29 is 23.7 Å². The Bertz CT molecular complexity index is 736. The minimum Gasteiger partial charge on any atom is -0.493 e. The van der Waals surface area contributed by atoms with Crippen LogP contribution >= 0.6 is 0 Å². The summed E-state index contributed by atoms with van der Waals surface area (Å²) < 4.78 is 22.5. The molecule has 4 fully saturated rings. The minimum absolute atomic E-state index is 0.00122. The summed E-state index contributed by atoms with van der Waals surface area (Å²) in [5.41, 5.74) is 0.0900. The van der Waals surface area contributed by atoms with E-state index < -0.39 is 0 Å². The molecule has 3 saturated heterocycles. The first-order valence-corrected chi connectivity index (χ1v) is 9.10. The van der Waals surface area contributed by atoms with Crippen molar-refractivity contribution in [1.29, 1.82) is 0 Å². The van der Waals surface area contributed by atoms with Crippen molar-refractivity contribution in [3.8, 4) is 17.2 Å². The van der Waals surface area contributed by atoms with E-state index in [0.717, 1.165) is 12.8 Å². The lowest BCUT2D eigenvalue weighted by atomic mass is 9.69. The second-order valence-corrected chi connectivity index (χ2v) is 8.23. The van der Waals surface area contributed by atoms with E-state index in [0.29, 0.717) is 28.7 Å². The van der Waals surface area contributed by atoms with E-state index in [-0.39, 0.29) is 29.2 Å². The van der Waals surface area contributed by atoms with E-state index >= 15 is 0 Å². The number of carbonyl (C=O) groups is 1. The molecule has 1 aromatic carbocycles. The number of carbonyl (C=O) groups excluding carboxylic acids is 1. The monoisotopic (exact) mass is 361 g/mol. The van der Waals surface area contributed by atoms with Gasteiger partial charge < -0.3 is 23.8 Å². The molecule has 6 heteroatoms. The van der Waals surface area contributed by atoms with E-state index in [9.17, 15) is 4.79 Å². The Hall–Kier alpha value is -1.95. The van der Waals surface area contributed by atoms with E-state index in [2.05, 4.69) is 20.8 Å². The number of nitrogens with zero attached hydrogens (tertiary/aromatic N) is 1. The summed E-state index contributed by atoms with van der Waals surface area (Å²) in [5.74, 6) is 1.85. The first kappa shape index (κ1) is 17.5. The Labute approximate surface area is 154 Å². The lowest BCUT2D eigenvalue weighted by Crippen LogP contribution is -2.58. The highest BCUT2D eigenvalue weighted by molar-refractivity contribution is 5.98. The number of hydrogen-bond acceptors (Lipinski definition) is 5. The molecule has 4 aliphatic rings. The summed E-state index contributed by atoms with van der Waals surface area (Å²) in [4.78, 5) is 15.3. The van der Waals surface area contributed by atoms with Gasteiger partial charge in [-0.15, -0.1) is 0 Å². The molecule has 0 spiro atoms. The fraction of sp³-hybridized carbons (Fsp3) is 0.650. The SMILES string of the molecule is COc1cc(C(=O)N2[C@H]3[C@H]2[C@@]2(C)CC[C@@H]3C(C)(C)O2)cc(OC)c1OC. The topological polar surface area (TPSA) is 57.0 Å². The average molecular weight is 361 g/mol. The summed E-state index contributed by atoms with van der Waals surface area (Å²) in [6, 6.07) is 3.86. The highest BCUT2D eigenvalue weighted by atomic mass is 16.5. The maximum atomic E-state index is 13.3.